The van der Waals surface area contributed by atoms with Gasteiger partial charge in [0, 0.05) is 12.8 Å². The Balaban J connectivity index is 3.98. The zero-order valence-corrected chi connectivity index (χ0v) is 48.6. The van der Waals surface area contributed by atoms with Gasteiger partial charge in [0.1, 0.15) is 13.2 Å². The number of carbonyl (C=O) groups is 3. The molecule has 2 atom stereocenters. The smallest absolute Gasteiger partial charge is 0.361 e. The van der Waals surface area contributed by atoms with Crippen LogP contribution in [0.1, 0.15) is 284 Å². The largest absolute Gasteiger partial charge is 0.477 e. The maximum Gasteiger partial charge on any atom is 0.361 e. The highest BCUT2D eigenvalue weighted by Crippen LogP contribution is 2.18. The van der Waals surface area contributed by atoms with Gasteiger partial charge in [0.05, 0.1) is 34.4 Å². The molecule has 0 aromatic rings. The first-order valence-corrected chi connectivity index (χ1v) is 30.8. The van der Waals surface area contributed by atoms with Gasteiger partial charge < -0.3 is 28.5 Å². The molecule has 0 spiro atoms. The summed E-state index contributed by atoms with van der Waals surface area (Å²) < 4.78 is 22.7. The lowest BCUT2D eigenvalue weighted by atomic mass is 10.0. The number of unbranched alkanes of at least 4 members (excludes halogenated alkanes) is 34. The van der Waals surface area contributed by atoms with Gasteiger partial charge in [-0.2, -0.15) is 0 Å². The molecule has 0 aliphatic rings. The van der Waals surface area contributed by atoms with Gasteiger partial charge in [-0.15, -0.1) is 0 Å². The van der Waals surface area contributed by atoms with Gasteiger partial charge >= 0.3 is 17.9 Å². The van der Waals surface area contributed by atoms with E-state index in [2.05, 4.69) is 50.3 Å². The van der Waals surface area contributed by atoms with Crippen molar-refractivity contribution in [3.05, 3.63) is 48.6 Å². The second-order valence-electron chi connectivity index (χ2n) is 22.0. The summed E-state index contributed by atoms with van der Waals surface area (Å²) in [7, 11) is 5.94. The van der Waals surface area contributed by atoms with E-state index in [1.54, 1.807) is 0 Å². The van der Waals surface area contributed by atoms with Crippen LogP contribution in [0.25, 0.3) is 0 Å². The van der Waals surface area contributed by atoms with Gasteiger partial charge in [0.2, 0.25) is 0 Å². The number of hydrogen-bond acceptors (Lipinski definition) is 7. The number of carbonyl (C=O) groups excluding carboxylic acids is 2. The Bertz CT molecular complexity index is 1340. The van der Waals surface area contributed by atoms with Crippen LogP contribution in [-0.4, -0.2) is 87.4 Å². The Morgan fingerprint density at radius 2 is 0.781 bits per heavy atom. The predicted molar refractivity (Wildman–Crippen MR) is 309 cm³/mol. The maximum atomic E-state index is 12.8. The molecule has 2 unspecified atom stereocenters. The summed E-state index contributed by atoms with van der Waals surface area (Å²) in [6.45, 7) is 4.70. The third kappa shape index (κ3) is 56.8. The number of ether oxygens (including phenoxy) is 4. The number of likely N-dealkylation sites (N-methyl/N-ethyl adjacent to an activating group) is 1. The molecule has 426 valence electrons. The summed E-state index contributed by atoms with van der Waals surface area (Å²) >= 11 is 0. The van der Waals surface area contributed by atoms with E-state index in [1.807, 2.05) is 33.3 Å². The molecule has 0 saturated carbocycles. The van der Waals surface area contributed by atoms with Crippen molar-refractivity contribution < 1.29 is 42.9 Å². The summed E-state index contributed by atoms with van der Waals surface area (Å²) in [6, 6.07) is 0. The molecule has 1 N–H and O–H groups in total. The normalized spacial score (nSPS) is 13.1. The minimum atomic E-state index is -1.53. The van der Waals surface area contributed by atoms with E-state index in [4.69, 9.17) is 18.9 Å². The fraction of sp³-hybridized carbons (Fsp3) is 0.828. The number of carboxylic acid groups (broad SMARTS) is 1. The van der Waals surface area contributed by atoms with E-state index in [9.17, 15) is 19.5 Å². The summed E-state index contributed by atoms with van der Waals surface area (Å²) in [5, 5.41) is 9.67. The topological polar surface area (TPSA) is 108 Å². The first kappa shape index (κ1) is 70.2. The van der Waals surface area contributed by atoms with Crippen LogP contribution in [0.5, 0.6) is 0 Å². The van der Waals surface area contributed by atoms with E-state index in [0.717, 1.165) is 44.9 Å². The van der Waals surface area contributed by atoms with E-state index in [-0.39, 0.29) is 32.2 Å². The molecule has 0 aromatic heterocycles. The Kier molecular flexibility index (Phi) is 53.4. The molecule has 73 heavy (non-hydrogen) atoms. The minimum Gasteiger partial charge on any atom is -0.477 e. The quantitative estimate of drug-likeness (QED) is 0.0211. The van der Waals surface area contributed by atoms with E-state index >= 15 is 0 Å². The fourth-order valence-corrected chi connectivity index (χ4v) is 8.91. The van der Waals surface area contributed by atoms with Crippen molar-refractivity contribution in [2.45, 2.75) is 296 Å². The molecule has 0 heterocycles. The van der Waals surface area contributed by atoms with E-state index in [1.165, 1.54) is 205 Å². The summed E-state index contributed by atoms with van der Waals surface area (Å²) in [5.74, 6) is -2.10. The highest BCUT2D eigenvalue weighted by molar-refractivity contribution is 5.71. The standard InChI is InChI=1S/C64H117NO8/c1-6-8-10-12-14-16-18-20-21-22-23-24-25-26-27-28-29-30-31-32-33-34-35-36-37-38-39-40-41-43-44-46-48-50-52-54-61(66)71-58-60(59-72-64(63(68)69)70-57-56-65(3,4)5)73-62(67)55-53-51-49-47-45-42-19-17-15-13-11-9-7-2/h9,11,15,17,42,45,49,51,60,64H,6-8,10,12-14,16,18-41,43-44,46-48,50,52-59H2,1-5H3/p+1/b11-9-,17-15-,45-42-,51-49-. The molecule has 0 aromatic carbocycles. The van der Waals surface area contributed by atoms with Crippen LogP contribution in [0.15, 0.2) is 48.6 Å². The van der Waals surface area contributed by atoms with Gasteiger partial charge in [-0.25, -0.2) is 4.79 Å². The van der Waals surface area contributed by atoms with Crippen molar-refractivity contribution in [2.24, 2.45) is 0 Å². The Hall–Kier alpha value is -2.75. The molecule has 9 heteroatoms. The Labute approximate surface area is 451 Å². The van der Waals surface area contributed by atoms with Crippen LogP contribution in [0.4, 0.5) is 0 Å². The van der Waals surface area contributed by atoms with Gasteiger partial charge in [0.15, 0.2) is 6.10 Å². The molecule has 9 nitrogen and oxygen atoms in total. The maximum absolute atomic E-state index is 12.8. The number of aliphatic carboxylic acids is 1. The number of allylic oxidation sites excluding steroid dienone is 8. The predicted octanol–water partition coefficient (Wildman–Crippen LogP) is 18.2. The Morgan fingerprint density at radius 1 is 0.425 bits per heavy atom. The average molecular weight is 1030 g/mol. The molecule has 0 aliphatic carbocycles. The molecule has 0 amide bonds. The lowest BCUT2D eigenvalue weighted by molar-refractivity contribution is -0.870. The van der Waals surface area contributed by atoms with E-state index < -0.39 is 24.3 Å². The summed E-state index contributed by atoms with van der Waals surface area (Å²) in [4.78, 5) is 37.3. The monoisotopic (exact) mass is 1030 g/mol. The molecule has 0 aliphatic heterocycles. The zero-order chi connectivity index (χ0) is 53.4. The SMILES string of the molecule is CC/C=C\C/C=C\C/C=C\C/C=C\CCC(=O)OC(COC(=O)CCCCCCCCCCCCCCCCCCCCCCCCCCCCCCCCCCCCC)COC(OCC[N+](C)(C)C)C(=O)O. The molecule has 0 bridgehead atoms. The minimum absolute atomic E-state index is 0.140. The number of esters is 2. The van der Waals surface area contributed by atoms with Gasteiger partial charge in [-0.3, -0.25) is 9.59 Å². The molecular weight excluding hydrogens is 911 g/mol. The number of quaternary nitrogens is 1. The van der Waals surface area contributed by atoms with Crippen LogP contribution in [0, 0.1) is 0 Å². The third-order valence-corrected chi connectivity index (χ3v) is 13.6. The van der Waals surface area contributed by atoms with Crippen molar-refractivity contribution in [3.63, 3.8) is 0 Å². The zero-order valence-electron chi connectivity index (χ0n) is 48.6. The number of rotatable bonds is 57. The summed E-state index contributed by atoms with van der Waals surface area (Å²) in [6.07, 6.45) is 66.9. The first-order valence-electron chi connectivity index (χ1n) is 30.8. The van der Waals surface area contributed by atoms with Crippen LogP contribution in [-0.2, 0) is 33.3 Å². The molecular formula is C64H118NO8+. The summed E-state index contributed by atoms with van der Waals surface area (Å²) in [5.41, 5.74) is 0. The van der Waals surface area contributed by atoms with Crippen LogP contribution in [0.3, 0.4) is 0 Å². The van der Waals surface area contributed by atoms with E-state index in [0.29, 0.717) is 23.9 Å². The second-order valence-corrected chi connectivity index (χ2v) is 22.0. The number of hydrogen-bond donors (Lipinski definition) is 1. The molecule has 0 rings (SSSR count). The fourth-order valence-electron chi connectivity index (χ4n) is 8.91. The van der Waals surface area contributed by atoms with Crippen LogP contribution >= 0.6 is 0 Å². The lowest BCUT2D eigenvalue weighted by Gasteiger charge is -2.25. The van der Waals surface area contributed by atoms with Crippen molar-refractivity contribution in [3.8, 4) is 0 Å². The molecule has 0 radical (unpaired) electrons. The van der Waals surface area contributed by atoms with Gasteiger partial charge in [-0.05, 0) is 38.5 Å². The van der Waals surface area contributed by atoms with Crippen molar-refractivity contribution in [1.29, 1.82) is 0 Å². The van der Waals surface area contributed by atoms with Crippen molar-refractivity contribution in [2.75, 3.05) is 47.5 Å². The van der Waals surface area contributed by atoms with Crippen molar-refractivity contribution in [1.82, 2.24) is 0 Å². The highest BCUT2D eigenvalue weighted by Gasteiger charge is 2.25. The first-order chi connectivity index (χ1) is 35.6. The number of nitrogens with zero attached hydrogens (tertiary/aromatic N) is 1. The average Bonchev–Trinajstić information content (AvgIpc) is 3.36. The van der Waals surface area contributed by atoms with Gasteiger partial charge in [-0.1, -0.05) is 281 Å². The number of carboxylic acids is 1. The second kappa shape index (κ2) is 55.5. The van der Waals surface area contributed by atoms with Crippen molar-refractivity contribution >= 4 is 17.9 Å². The molecule has 0 fully saturated rings. The highest BCUT2D eigenvalue weighted by atomic mass is 16.7. The lowest BCUT2D eigenvalue weighted by Crippen LogP contribution is -2.40. The van der Waals surface area contributed by atoms with Crippen LogP contribution in [0.2, 0.25) is 0 Å². The van der Waals surface area contributed by atoms with Gasteiger partial charge in [0.25, 0.3) is 6.29 Å². The van der Waals surface area contributed by atoms with Crippen LogP contribution < -0.4 is 0 Å². The Morgan fingerprint density at radius 3 is 1.14 bits per heavy atom. The third-order valence-electron chi connectivity index (χ3n) is 13.6. The molecule has 0 saturated heterocycles.